The van der Waals surface area contributed by atoms with Gasteiger partial charge in [-0.1, -0.05) is 0 Å². The number of ether oxygens (including phenoxy) is 3. The molecule has 0 amide bonds. The number of hydrogen-bond acceptors (Lipinski definition) is 7. The van der Waals surface area contributed by atoms with Gasteiger partial charge in [-0.15, -0.1) is 11.3 Å². The summed E-state index contributed by atoms with van der Waals surface area (Å²) < 4.78 is 47.4. The van der Waals surface area contributed by atoms with E-state index in [1.165, 1.54) is 11.3 Å². The predicted molar refractivity (Wildman–Crippen MR) is 64.0 cm³/mol. The van der Waals surface area contributed by atoms with E-state index in [9.17, 15) is 13.0 Å². The van der Waals surface area contributed by atoms with Gasteiger partial charge in [0.25, 0.3) is 0 Å². The predicted octanol–water partition coefficient (Wildman–Crippen LogP) is -1.81. The second-order valence-corrected chi connectivity index (χ2v) is 6.07. The van der Waals surface area contributed by atoms with Crippen molar-refractivity contribution in [3.05, 3.63) is 10.8 Å². The van der Waals surface area contributed by atoms with Crippen LogP contribution in [0.15, 0.2) is 10.8 Å². The Morgan fingerprint density at radius 3 is 2.84 bits per heavy atom. The van der Waals surface area contributed by atoms with Crippen molar-refractivity contribution in [2.75, 3.05) is 19.0 Å². The van der Waals surface area contributed by atoms with Crippen molar-refractivity contribution < 1.29 is 56.7 Å². The third kappa shape index (κ3) is 5.99. The average molecular weight is 316 g/mol. The maximum atomic E-state index is 10.4. The molecule has 0 radical (unpaired) electrons. The SMILES string of the molecule is O=S(=O)([O-])CCCCOC1COc2cscc2O1.[Na+]. The van der Waals surface area contributed by atoms with E-state index >= 15 is 0 Å². The summed E-state index contributed by atoms with van der Waals surface area (Å²) in [5, 5.41) is 3.68. The summed E-state index contributed by atoms with van der Waals surface area (Å²) >= 11 is 1.49. The molecular weight excluding hydrogens is 303 g/mol. The van der Waals surface area contributed by atoms with Crippen LogP contribution in [0.3, 0.4) is 0 Å². The van der Waals surface area contributed by atoms with E-state index in [1.807, 2.05) is 10.8 Å². The molecule has 0 aromatic carbocycles. The third-order valence-corrected chi connectivity index (χ3v) is 3.81. The van der Waals surface area contributed by atoms with E-state index in [0.717, 1.165) is 5.75 Å². The van der Waals surface area contributed by atoms with E-state index in [2.05, 4.69) is 0 Å². The van der Waals surface area contributed by atoms with Crippen LogP contribution in [-0.2, 0) is 14.9 Å². The molecule has 0 N–H and O–H groups in total. The van der Waals surface area contributed by atoms with Crippen molar-refractivity contribution in [1.82, 2.24) is 0 Å². The summed E-state index contributed by atoms with van der Waals surface area (Å²) in [6.07, 6.45) is 0.317. The van der Waals surface area contributed by atoms with Crippen LogP contribution in [0.25, 0.3) is 0 Å². The first-order chi connectivity index (χ1) is 8.54. The minimum atomic E-state index is -4.12. The summed E-state index contributed by atoms with van der Waals surface area (Å²) in [7, 11) is -4.12. The summed E-state index contributed by atoms with van der Waals surface area (Å²) in [5.74, 6) is 1.03. The van der Waals surface area contributed by atoms with Crippen LogP contribution >= 0.6 is 11.3 Å². The molecule has 19 heavy (non-hydrogen) atoms. The van der Waals surface area contributed by atoms with E-state index < -0.39 is 16.4 Å². The van der Waals surface area contributed by atoms with E-state index in [0.29, 0.717) is 31.8 Å². The van der Waals surface area contributed by atoms with Gasteiger partial charge in [0.15, 0.2) is 18.1 Å². The van der Waals surface area contributed by atoms with Crippen molar-refractivity contribution in [2.45, 2.75) is 19.1 Å². The van der Waals surface area contributed by atoms with Gasteiger partial charge < -0.3 is 18.8 Å². The molecule has 1 aromatic heterocycles. The van der Waals surface area contributed by atoms with Gasteiger partial charge in [0, 0.05) is 16.5 Å². The molecule has 6 nitrogen and oxygen atoms in total. The maximum Gasteiger partial charge on any atom is 1.00 e. The van der Waals surface area contributed by atoms with Crippen LogP contribution < -0.4 is 39.0 Å². The Labute approximate surface area is 138 Å². The van der Waals surface area contributed by atoms with Gasteiger partial charge >= 0.3 is 29.6 Å². The van der Waals surface area contributed by atoms with Crippen LogP contribution in [0.2, 0.25) is 0 Å². The van der Waals surface area contributed by atoms with E-state index in [-0.39, 0.29) is 35.3 Å². The van der Waals surface area contributed by atoms with Crippen molar-refractivity contribution in [1.29, 1.82) is 0 Å². The minimum Gasteiger partial charge on any atom is -0.748 e. The largest absolute Gasteiger partial charge is 1.00 e. The molecule has 9 heteroatoms. The van der Waals surface area contributed by atoms with Crippen molar-refractivity contribution in [2.24, 2.45) is 0 Å². The Morgan fingerprint density at radius 1 is 1.37 bits per heavy atom. The molecule has 2 heterocycles. The van der Waals surface area contributed by atoms with Crippen molar-refractivity contribution in [3.63, 3.8) is 0 Å². The van der Waals surface area contributed by atoms with Crippen LogP contribution in [0.4, 0.5) is 0 Å². The summed E-state index contributed by atoms with van der Waals surface area (Å²) in [4.78, 5) is 0. The minimum absolute atomic E-state index is 0. The van der Waals surface area contributed by atoms with Gasteiger partial charge in [-0.25, -0.2) is 8.42 Å². The van der Waals surface area contributed by atoms with Gasteiger partial charge in [-0.2, -0.15) is 0 Å². The second-order valence-electron chi connectivity index (χ2n) is 3.80. The van der Waals surface area contributed by atoms with Crippen molar-refractivity contribution >= 4 is 21.5 Å². The van der Waals surface area contributed by atoms with Gasteiger partial charge in [0.1, 0.15) is 0 Å². The Kier molecular flexibility index (Phi) is 7.09. The zero-order chi connectivity index (χ0) is 13.0. The van der Waals surface area contributed by atoms with Crippen LogP contribution in [0.5, 0.6) is 11.5 Å². The van der Waals surface area contributed by atoms with Gasteiger partial charge in [-0.05, 0) is 12.8 Å². The zero-order valence-electron chi connectivity index (χ0n) is 10.5. The van der Waals surface area contributed by atoms with Gasteiger partial charge in [-0.3, -0.25) is 0 Å². The van der Waals surface area contributed by atoms with E-state index in [1.54, 1.807) is 0 Å². The average Bonchev–Trinajstić information content (AvgIpc) is 2.74. The number of fused-ring (bicyclic) bond motifs is 1. The summed E-state index contributed by atoms with van der Waals surface area (Å²) in [6, 6.07) is 0. The molecule has 2 rings (SSSR count). The maximum absolute atomic E-state index is 10.4. The first-order valence-electron chi connectivity index (χ1n) is 5.45. The molecule has 1 aromatic rings. The number of rotatable bonds is 6. The molecule has 0 bridgehead atoms. The van der Waals surface area contributed by atoms with Crippen molar-refractivity contribution in [3.8, 4) is 11.5 Å². The normalized spacial score (nSPS) is 17.8. The molecular formula is C10H13NaO6S2. The number of thiophene rings is 1. The van der Waals surface area contributed by atoms with Gasteiger partial charge in [0.2, 0.25) is 6.29 Å². The quantitative estimate of drug-likeness (QED) is 0.349. The first-order valence-corrected chi connectivity index (χ1v) is 7.97. The fraction of sp³-hybridized carbons (Fsp3) is 0.600. The fourth-order valence-electron chi connectivity index (χ4n) is 1.48. The molecule has 1 aliphatic heterocycles. The molecule has 0 saturated carbocycles. The Balaban J connectivity index is 0.00000180. The molecule has 0 fully saturated rings. The smallest absolute Gasteiger partial charge is 0.748 e. The summed E-state index contributed by atoms with van der Waals surface area (Å²) in [5.41, 5.74) is 0. The van der Waals surface area contributed by atoms with E-state index in [4.69, 9.17) is 14.2 Å². The fourth-order valence-corrected chi connectivity index (χ4v) is 2.70. The van der Waals surface area contributed by atoms with Crippen LogP contribution in [-0.4, -0.2) is 38.2 Å². The molecule has 1 atom stereocenters. The summed E-state index contributed by atoms with van der Waals surface area (Å²) in [6.45, 7) is 0.645. The molecule has 0 spiro atoms. The topological polar surface area (TPSA) is 84.9 Å². The Bertz CT molecular complexity index is 486. The number of unbranched alkanes of at least 4 members (excludes halogenated alkanes) is 1. The number of hydrogen-bond donors (Lipinski definition) is 0. The van der Waals surface area contributed by atoms with Crippen LogP contribution in [0, 0.1) is 0 Å². The molecule has 1 aliphatic rings. The Hall–Kier alpha value is 0.170. The monoisotopic (exact) mass is 316 g/mol. The standard InChI is InChI=1S/C10H14O6S2.Na/c11-18(12,13)4-2-1-3-14-10-5-15-8-6-17-7-9(8)16-10;/h6-7,10H,1-5H2,(H,11,12,13);/q;+1/p-1. The second kappa shape index (κ2) is 7.82. The Morgan fingerprint density at radius 2 is 2.11 bits per heavy atom. The third-order valence-electron chi connectivity index (χ3n) is 2.32. The molecule has 0 saturated heterocycles. The first kappa shape index (κ1) is 17.2. The van der Waals surface area contributed by atoms with Crippen LogP contribution in [0.1, 0.15) is 12.8 Å². The molecule has 102 valence electrons. The van der Waals surface area contributed by atoms with Gasteiger partial charge in [0.05, 0.1) is 16.7 Å². The zero-order valence-corrected chi connectivity index (χ0v) is 14.2. The molecule has 1 unspecified atom stereocenters. The molecule has 0 aliphatic carbocycles.